The van der Waals surface area contributed by atoms with Crippen LogP contribution in [0, 0.1) is 12.7 Å². The summed E-state index contributed by atoms with van der Waals surface area (Å²) in [7, 11) is 0. The first-order valence-corrected chi connectivity index (χ1v) is 5.98. The summed E-state index contributed by atoms with van der Waals surface area (Å²) in [5, 5.41) is 1.01. The van der Waals surface area contributed by atoms with Crippen molar-refractivity contribution in [3.63, 3.8) is 0 Å². The highest BCUT2D eigenvalue weighted by atomic mass is 32.2. The first-order chi connectivity index (χ1) is 6.20. The van der Waals surface area contributed by atoms with Gasteiger partial charge in [0.2, 0.25) is 0 Å². The molecule has 0 N–H and O–H groups in total. The summed E-state index contributed by atoms with van der Waals surface area (Å²) >= 11 is 3.42. The van der Waals surface area contributed by atoms with E-state index in [1.54, 1.807) is 36.1 Å². The second-order valence-corrected chi connectivity index (χ2v) is 5.10. The lowest BCUT2D eigenvalue weighted by molar-refractivity contribution is 0.620. The fourth-order valence-corrected chi connectivity index (χ4v) is 2.96. The lowest BCUT2D eigenvalue weighted by Gasteiger charge is -1.94. The monoisotopic (exact) mass is 212 g/mol. The summed E-state index contributed by atoms with van der Waals surface area (Å²) in [6.45, 7) is 1.80. The molecule has 1 aromatic heterocycles. The van der Waals surface area contributed by atoms with Gasteiger partial charge in [-0.25, -0.2) is 4.39 Å². The van der Waals surface area contributed by atoms with Crippen LogP contribution < -0.4 is 0 Å². The summed E-state index contributed by atoms with van der Waals surface area (Å²) in [5.74, 6) is -0.113. The maximum atomic E-state index is 13.2. The Bertz CT molecular complexity index is 406. The van der Waals surface area contributed by atoms with Crippen LogP contribution in [0.5, 0.6) is 0 Å². The van der Waals surface area contributed by atoms with Gasteiger partial charge >= 0.3 is 0 Å². The highest BCUT2D eigenvalue weighted by molar-refractivity contribution is 8.00. The molecule has 0 radical (unpaired) electrons. The predicted molar refractivity (Wildman–Crippen MR) is 58.3 cm³/mol. The molecule has 0 bridgehead atoms. The van der Waals surface area contributed by atoms with Gasteiger partial charge in [0.1, 0.15) is 5.82 Å². The number of halogens is 1. The highest BCUT2D eigenvalue weighted by Crippen LogP contribution is 2.32. The summed E-state index contributed by atoms with van der Waals surface area (Å²) in [6, 6.07) is 5.56. The molecular formula is C10H9FS2. The van der Waals surface area contributed by atoms with Crippen molar-refractivity contribution < 1.29 is 4.39 Å². The van der Waals surface area contributed by atoms with E-state index in [0.29, 0.717) is 0 Å². The van der Waals surface area contributed by atoms with Crippen molar-refractivity contribution in [3.8, 4) is 0 Å². The van der Waals surface area contributed by atoms with Crippen LogP contribution in [0.4, 0.5) is 4.39 Å². The van der Waals surface area contributed by atoms with Crippen molar-refractivity contribution in [1.29, 1.82) is 0 Å². The van der Waals surface area contributed by atoms with Crippen LogP contribution in [0.15, 0.2) is 22.4 Å². The molecule has 1 aromatic carbocycles. The highest BCUT2D eigenvalue weighted by Gasteiger charge is 2.04. The average molecular weight is 212 g/mol. The third-order valence-corrected chi connectivity index (χ3v) is 4.14. The Balaban J connectivity index is 2.70. The van der Waals surface area contributed by atoms with Gasteiger partial charge in [0.05, 0.1) is 4.21 Å². The molecular weight excluding hydrogens is 203 g/mol. The van der Waals surface area contributed by atoms with Crippen LogP contribution in [0.25, 0.3) is 10.1 Å². The van der Waals surface area contributed by atoms with E-state index in [0.717, 1.165) is 10.9 Å². The van der Waals surface area contributed by atoms with E-state index in [1.165, 1.54) is 8.91 Å². The van der Waals surface area contributed by atoms with Crippen molar-refractivity contribution in [2.45, 2.75) is 11.1 Å². The first kappa shape index (κ1) is 9.03. The molecule has 68 valence electrons. The number of fused-ring (bicyclic) bond motifs is 1. The Hall–Kier alpha value is -0.540. The van der Waals surface area contributed by atoms with Crippen molar-refractivity contribution in [2.75, 3.05) is 6.26 Å². The normalized spacial score (nSPS) is 11.0. The number of benzene rings is 1. The Morgan fingerprint density at radius 3 is 2.77 bits per heavy atom. The molecule has 0 aliphatic carbocycles. The second kappa shape index (κ2) is 3.31. The molecule has 0 unspecified atom stereocenters. The largest absolute Gasteiger partial charge is 0.207 e. The Morgan fingerprint density at radius 2 is 2.08 bits per heavy atom. The van der Waals surface area contributed by atoms with Gasteiger partial charge in [-0.05, 0) is 42.3 Å². The van der Waals surface area contributed by atoms with Gasteiger partial charge in [0.25, 0.3) is 0 Å². The number of hydrogen-bond acceptors (Lipinski definition) is 2. The number of thiophene rings is 1. The van der Waals surface area contributed by atoms with Gasteiger partial charge in [-0.1, -0.05) is 0 Å². The zero-order valence-corrected chi connectivity index (χ0v) is 9.06. The third-order valence-electron chi connectivity index (χ3n) is 1.98. The van der Waals surface area contributed by atoms with Crippen molar-refractivity contribution in [2.24, 2.45) is 0 Å². The molecule has 0 amide bonds. The topological polar surface area (TPSA) is 0 Å². The van der Waals surface area contributed by atoms with E-state index in [-0.39, 0.29) is 5.82 Å². The van der Waals surface area contributed by atoms with Crippen LogP contribution in [0.2, 0.25) is 0 Å². The number of thioether (sulfide) groups is 1. The lowest BCUT2D eigenvalue weighted by Crippen LogP contribution is -1.78. The molecule has 0 nitrogen and oxygen atoms in total. The van der Waals surface area contributed by atoms with E-state index < -0.39 is 0 Å². The predicted octanol–water partition coefficient (Wildman–Crippen LogP) is 4.07. The smallest absolute Gasteiger partial charge is 0.126 e. The zero-order valence-electron chi connectivity index (χ0n) is 7.43. The molecule has 1 heterocycles. The van der Waals surface area contributed by atoms with Crippen LogP contribution in [0.1, 0.15) is 5.56 Å². The van der Waals surface area contributed by atoms with Gasteiger partial charge in [-0.15, -0.1) is 23.1 Å². The Morgan fingerprint density at radius 1 is 1.31 bits per heavy atom. The fourth-order valence-electron chi connectivity index (χ4n) is 1.24. The maximum absolute atomic E-state index is 13.2. The maximum Gasteiger partial charge on any atom is 0.126 e. The molecule has 0 aliphatic rings. The van der Waals surface area contributed by atoms with E-state index in [4.69, 9.17) is 0 Å². The minimum Gasteiger partial charge on any atom is -0.207 e. The quantitative estimate of drug-likeness (QED) is 0.642. The number of rotatable bonds is 1. The number of hydrogen-bond donors (Lipinski definition) is 0. The first-order valence-electron chi connectivity index (χ1n) is 3.94. The van der Waals surface area contributed by atoms with Gasteiger partial charge < -0.3 is 0 Å². The third kappa shape index (κ3) is 1.58. The molecule has 0 atom stereocenters. The molecule has 2 aromatic rings. The molecule has 0 fully saturated rings. The average Bonchev–Trinajstić information content (AvgIpc) is 2.48. The van der Waals surface area contributed by atoms with Crippen molar-refractivity contribution in [3.05, 3.63) is 29.6 Å². The van der Waals surface area contributed by atoms with Crippen LogP contribution >= 0.6 is 23.1 Å². The minimum atomic E-state index is -0.113. The fraction of sp³-hybridized carbons (Fsp3) is 0.200. The molecule has 0 saturated carbocycles. The summed E-state index contributed by atoms with van der Waals surface area (Å²) < 4.78 is 15.6. The van der Waals surface area contributed by atoms with Gasteiger partial charge in [0.15, 0.2) is 0 Å². The van der Waals surface area contributed by atoms with E-state index in [2.05, 4.69) is 0 Å². The summed E-state index contributed by atoms with van der Waals surface area (Å²) in [5.41, 5.74) is 0.724. The molecule has 0 saturated heterocycles. The van der Waals surface area contributed by atoms with Gasteiger partial charge in [0, 0.05) is 4.70 Å². The SMILES string of the molecule is CSc1cc2cc(F)c(C)cc2s1. The molecule has 2 rings (SSSR count). The van der Waals surface area contributed by atoms with E-state index in [9.17, 15) is 4.39 Å². The Kier molecular flexibility index (Phi) is 2.30. The summed E-state index contributed by atoms with van der Waals surface area (Å²) in [4.78, 5) is 0. The van der Waals surface area contributed by atoms with E-state index >= 15 is 0 Å². The molecule has 3 heteroatoms. The van der Waals surface area contributed by atoms with Gasteiger partial charge in [-0.3, -0.25) is 0 Å². The molecule has 13 heavy (non-hydrogen) atoms. The Labute approximate surface area is 84.8 Å². The second-order valence-electron chi connectivity index (χ2n) is 2.91. The van der Waals surface area contributed by atoms with Crippen molar-refractivity contribution in [1.82, 2.24) is 0 Å². The minimum absolute atomic E-state index is 0.113. The van der Waals surface area contributed by atoms with Crippen molar-refractivity contribution >= 4 is 33.2 Å². The van der Waals surface area contributed by atoms with Crippen LogP contribution in [0.3, 0.4) is 0 Å². The van der Waals surface area contributed by atoms with Crippen LogP contribution in [-0.2, 0) is 0 Å². The standard InChI is InChI=1S/C10H9FS2/c1-6-3-9-7(4-8(6)11)5-10(12-2)13-9/h3-5H,1-2H3. The number of aryl methyl sites for hydroxylation is 1. The van der Waals surface area contributed by atoms with Gasteiger partial charge in [-0.2, -0.15) is 0 Å². The summed E-state index contributed by atoms with van der Waals surface area (Å²) in [6.07, 6.45) is 2.04. The molecule has 0 aliphatic heterocycles. The van der Waals surface area contributed by atoms with E-state index in [1.807, 2.05) is 18.4 Å². The lowest BCUT2D eigenvalue weighted by atomic mass is 10.2. The molecule has 0 spiro atoms. The van der Waals surface area contributed by atoms with Crippen LogP contribution in [-0.4, -0.2) is 6.26 Å². The zero-order chi connectivity index (χ0) is 9.42.